The Kier molecular flexibility index (Phi) is 6.95. The van der Waals surface area contributed by atoms with E-state index in [4.69, 9.17) is 10.5 Å². The van der Waals surface area contributed by atoms with Gasteiger partial charge in [-0.1, -0.05) is 6.07 Å². The third kappa shape index (κ3) is 5.43. The topological polar surface area (TPSA) is 59.6 Å². The van der Waals surface area contributed by atoms with E-state index in [9.17, 15) is 0 Å². The van der Waals surface area contributed by atoms with Gasteiger partial charge in [0.25, 0.3) is 0 Å². The molecule has 4 nitrogen and oxygen atoms in total. The second-order valence-electron chi connectivity index (χ2n) is 6.10. The van der Waals surface area contributed by atoms with Gasteiger partial charge in [-0.2, -0.15) is 0 Å². The first kappa shape index (κ1) is 17.5. The highest BCUT2D eigenvalue weighted by Gasteiger charge is 2.20. The van der Waals surface area contributed by atoms with E-state index < -0.39 is 0 Å². The average Bonchev–Trinajstić information content (AvgIpc) is 3.18. The summed E-state index contributed by atoms with van der Waals surface area (Å²) in [5.74, 6) is 1.33. The summed E-state index contributed by atoms with van der Waals surface area (Å²) in [6, 6.07) is 6.48. The summed E-state index contributed by atoms with van der Waals surface area (Å²) in [4.78, 5) is 4.35. The quantitative estimate of drug-likeness (QED) is 0.311. The fourth-order valence-electron chi connectivity index (χ4n) is 2.74. The molecule has 0 saturated heterocycles. The molecule has 5 heteroatoms. The number of nitrogens with two attached hydrogens (primary N) is 1. The van der Waals surface area contributed by atoms with Crippen molar-refractivity contribution >= 4 is 35.6 Å². The first-order chi connectivity index (χ1) is 10.3. The van der Waals surface area contributed by atoms with Crippen LogP contribution in [0, 0.1) is 5.92 Å². The lowest BCUT2D eigenvalue weighted by Gasteiger charge is -2.08. The number of hydrogen-bond donors (Lipinski definition) is 2. The molecule has 1 aromatic rings. The smallest absolute Gasteiger partial charge is 0.193 e. The van der Waals surface area contributed by atoms with Crippen LogP contribution in [0.3, 0.4) is 0 Å². The summed E-state index contributed by atoms with van der Waals surface area (Å²) in [5.41, 5.74) is 9.89. The van der Waals surface area contributed by atoms with E-state index in [-0.39, 0.29) is 24.0 Å². The number of fused-ring (bicyclic) bond motifs is 1. The van der Waals surface area contributed by atoms with Crippen molar-refractivity contribution in [1.29, 1.82) is 0 Å². The van der Waals surface area contributed by atoms with Crippen LogP contribution in [0.4, 0.5) is 5.69 Å². The Morgan fingerprint density at radius 2 is 2.09 bits per heavy atom. The summed E-state index contributed by atoms with van der Waals surface area (Å²) < 4.78 is 5.58. The summed E-state index contributed by atoms with van der Waals surface area (Å²) in [6.45, 7) is 2.42. The monoisotopic (exact) mass is 415 g/mol. The maximum atomic E-state index is 5.92. The van der Waals surface area contributed by atoms with Crippen LogP contribution in [0.2, 0.25) is 0 Å². The van der Waals surface area contributed by atoms with Crippen molar-refractivity contribution < 1.29 is 4.74 Å². The Balaban J connectivity index is 0.00000176. The first-order valence-electron chi connectivity index (χ1n) is 8.08. The number of halogens is 1. The molecule has 3 rings (SSSR count). The zero-order valence-electron chi connectivity index (χ0n) is 13.0. The number of nitrogens with zero attached hydrogens (tertiary/aromatic N) is 1. The van der Waals surface area contributed by atoms with Crippen LogP contribution < -0.4 is 11.1 Å². The van der Waals surface area contributed by atoms with Crippen molar-refractivity contribution in [2.24, 2.45) is 16.6 Å². The maximum Gasteiger partial charge on any atom is 0.193 e. The lowest BCUT2D eigenvalue weighted by Crippen LogP contribution is -2.23. The zero-order valence-corrected chi connectivity index (χ0v) is 15.3. The number of benzene rings is 1. The van der Waals surface area contributed by atoms with Gasteiger partial charge < -0.3 is 15.8 Å². The molecule has 0 aliphatic heterocycles. The van der Waals surface area contributed by atoms with E-state index in [1.165, 1.54) is 43.2 Å². The van der Waals surface area contributed by atoms with E-state index in [0.29, 0.717) is 12.5 Å². The van der Waals surface area contributed by atoms with Gasteiger partial charge in [-0.05, 0) is 67.7 Å². The highest BCUT2D eigenvalue weighted by molar-refractivity contribution is 14.0. The molecule has 1 aromatic carbocycles. The second-order valence-corrected chi connectivity index (χ2v) is 6.10. The summed E-state index contributed by atoms with van der Waals surface area (Å²) in [7, 11) is 0. The van der Waals surface area contributed by atoms with Gasteiger partial charge in [0.1, 0.15) is 0 Å². The Morgan fingerprint density at radius 3 is 2.91 bits per heavy atom. The average molecular weight is 415 g/mol. The molecular weight excluding hydrogens is 389 g/mol. The number of aryl methyl sites for hydroxylation is 2. The molecule has 2 aliphatic carbocycles. The molecule has 0 atom stereocenters. The van der Waals surface area contributed by atoms with E-state index in [0.717, 1.165) is 31.2 Å². The molecule has 1 fully saturated rings. The molecule has 0 unspecified atom stereocenters. The molecular formula is C17H26IN3O. The van der Waals surface area contributed by atoms with E-state index in [1.54, 1.807) is 0 Å². The third-order valence-electron chi connectivity index (χ3n) is 4.15. The van der Waals surface area contributed by atoms with Gasteiger partial charge >= 0.3 is 0 Å². The Bertz CT molecular complexity index is 515. The van der Waals surface area contributed by atoms with Crippen molar-refractivity contribution in [2.45, 2.75) is 38.5 Å². The van der Waals surface area contributed by atoms with Crippen LogP contribution in [0.25, 0.3) is 0 Å². The summed E-state index contributed by atoms with van der Waals surface area (Å²) in [5, 5.41) is 3.18. The van der Waals surface area contributed by atoms with E-state index in [1.807, 2.05) is 0 Å². The van der Waals surface area contributed by atoms with E-state index >= 15 is 0 Å². The van der Waals surface area contributed by atoms with Crippen LogP contribution in [-0.2, 0) is 17.6 Å². The van der Waals surface area contributed by atoms with Gasteiger partial charge in [0.2, 0.25) is 0 Å². The minimum Gasteiger partial charge on any atom is -0.381 e. The third-order valence-corrected chi connectivity index (χ3v) is 4.15. The fourth-order valence-corrected chi connectivity index (χ4v) is 2.74. The van der Waals surface area contributed by atoms with Crippen molar-refractivity contribution in [3.8, 4) is 0 Å². The maximum absolute atomic E-state index is 5.92. The predicted octanol–water partition coefficient (Wildman–Crippen LogP) is 3.34. The normalized spacial score (nSPS) is 17.0. The lowest BCUT2D eigenvalue weighted by molar-refractivity contribution is 0.123. The number of ether oxygens (including phenoxy) is 1. The molecule has 3 N–H and O–H groups in total. The Morgan fingerprint density at radius 1 is 1.27 bits per heavy atom. The van der Waals surface area contributed by atoms with Crippen LogP contribution in [-0.4, -0.2) is 25.7 Å². The number of rotatable bonds is 7. The number of nitrogens with one attached hydrogen (secondary N) is 1. The number of aliphatic imine (C=N–C) groups is 1. The van der Waals surface area contributed by atoms with Crippen molar-refractivity contribution in [1.82, 2.24) is 0 Å². The minimum atomic E-state index is 0. The predicted molar refractivity (Wildman–Crippen MR) is 102 cm³/mol. The Hall–Kier alpha value is -0.820. The largest absolute Gasteiger partial charge is 0.381 e. The number of guanidine groups is 1. The van der Waals surface area contributed by atoms with Gasteiger partial charge in [-0.25, -0.2) is 0 Å². The summed E-state index contributed by atoms with van der Waals surface area (Å²) in [6.07, 6.45) is 7.27. The number of hydrogen-bond acceptors (Lipinski definition) is 2. The molecule has 0 aromatic heterocycles. The van der Waals surface area contributed by atoms with Gasteiger partial charge in [0.05, 0.1) is 0 Å². The molecule has 2 aliphatic rings. The van der Waals surface area contributed by atoms with Gasteiger partial charge in [0.15, 0.2) is 5.96 Å². The molecule has 0 bridgehead atoms. The lowest BCUT2D eigenvalue weighted by atomic mass is 10.1. The first-order valence-corrected chi connectivity index (χ1v) is 8.08. The zero-order chi connectivity index (χ0) is 14.5. The molecule has 0 heterocycles. The van der Waals surface area contributed by atoms with Gasteiger partial charge in [-0.15, -0.1) is 24.0 Å². The van der Waals surface area contributed by atoms with Crippen LogP contribution in [0.15, 0.2) is 23.2 Å². The van der Waals surface area contributed by atoms with Crippen molar-refractivity contribution in [3.05, 3.63) is 29.3 Å². The van der Waals surface area contributed by atoms with Crippen molar-refractivity contribution in [2.75, 3.05) is 25.1 Å². The summed E-state index contributed by atoms with van der Waals surface area (Å²) >= 11 is 0. The van der Waals surface area contributed by atoms with Gasteiger partial charge in [0, 0.05) is 25.4 Å². The van der Waals surface area contributed by atoms with Gasteiger partial charge in [-0.3, -0.25) is 4.99 Å². The molecule has 1 saturated carbocycles. The van der Waals surface area contributed by atoms with Crippen LogP contribution >= 0.6 is 24.0 Å². The molecule has 122 valence electrons. The Labute approximate surface area is 149 Å². The number of anilines is 1. The van der Waals surface area contributed by atoms with E-state index in [2.05, 4.69) is 28.5 Å². The van der Waals surface area contributed by atoms with Crippen LogP contribution in [0.5, 0.6) is 0 Å². The molecule has 0 radical (unpaired) electrons. The molecule has 0 spiro atoms. The standard InChI is InChI=1S/C17H25N3O.HI/c18-17(19-9-2-10-21-12-13-5-6-13)20-16-8-7-14-3-1-4-15(14)11-16;/h7-8,11,13H,1-6,9-10,12H2,(H3,18,19,20);1H. The fraction of sp³-hybridized carbons (Fsp3) is 0.588. The van der Waals surface area contributed by atoms with Crippen molar-refractivity contribution in [3.63, 3.8) is 0 Å². The highest BCUT2D eigenvalue weighted by Crippen LogP contribution is 2.28. The molecule has 0 amide bonds. The highest BCUT2D eigenvalue weighted by atomic mass is 127. The SMILES string of the molecule is I.NC(=NCCCOCC1CC1)Nc1ccc2c(c1)CCC2. The van der Waals surface area contributed by atoms with Crippen LogP contribution in [0.1, 0.15) is 36.8 Å². The second kappa shape index (κ2) is 8.72. The minimum absolute atomic E-state index is 0. The molecule has 22 heavy (non-hydrogen) atoms.